The third-order valence-corrected chi connectivity index (χ3v) is 5.55. The highest BCUT2D eigenvalue weighted by molar-refractivity contribution is 5.98. The molecule has 2 aliphatic rings. The fourth-order valence-electron chi connectivity index (χ4n) is 4.12. The second-order valence-electron chi connectivity index (χ2n) is 7.43. The van der Waals surface area contributed by atoms with Crippen molar-refractivity contribution in [2.24, 2.45) is 11.8 Å². The van der Waals surface area contributed by atoms with E-state index in [1.807, 2.05) is 30.3 Å². The van der Waals surface area contributed by atoms with Crippen LogP contribution in [-0.2, 0) is 6.42 Å². The molecule has 6 heteroatoms. The van der Waals surface area contributed by atoms with E-state index >= 15 is 0 Å². The molecule has 0 radical (unpaired) electrons. The van der Waals surface area contributed by atoms with Crippen molar-refractivity contribution in [1.82, 2.24) is 15.6 Å². The zero-order valence-electron chi connectivity index (χ0n) is 15.2. The van der Waals surface area contributed by atoms with Crippen LogP contribution in [0.4, 0.5) is 0 Å². The first kappa shape index (κ1) is 17.7. The minimum Gasteiger partial charge on any atom is -0.393 e. The predicted molar refractivity (Wildman–Crippen MR) is 100 cm³/mol. The molecule has 1 aromatic heterocycles. The van der Waals surface area contributed by atoms with E-state index in [0.717, 1.165) is 18.4 Å². The van der Waals surface area contributed by atoms with Crippen LogP contribution in [0.1, 0.15) is 44.9 Å². The van der Waals surface area contributed by atoms with Gasteiger partial charge in [0.25, 0.3) is 11.8 Å². The predicted octanol–water partition coefficient (Wildman–Crippen LogP) is 1.53. The van der Waals surface area contributed by atoms with E-state index < -0.39 is 0 Å². The second-order valence-corrected chi connectivity index (χ2v) is 7.43. The Hall–Kier alpha value is -2.73. The first-order valence-electron chi connectivity index (χ1n) is 9.31. The van der Waals surface area contributed by atoms with E-state index in [9.17, 15) is 14.7 Å². The maximum atomic E-state index is 12.7. The van der Waals surface area contributed by atoms with E-state index in [1.54, 1.807) is 13.1 Å². The molecule has 27 heavy (non-hydrogen) atoms. The van der Waals surface area contributed by atoms with Gasteiger partial charge in [-0.1, -0.05) is 30.3 Å². The molecular formula is C21H23N3O3. The Labute approximate surface area is 158 Å². The van der Waals surface area contributed by atoms with Crippen LogP contribution in [-0.4, -0.2) is 41.1 Å². The molecule has 2 aliphatic carbocycles. The monoisotopic (exact) mass is 365 g/mol. The van der Waals surface area contributed by atoms with Crippen LogP contribution >= 0.6 is 0 Å². The highest BCUT2D eigenvalue weighted by Gasteiger charge is 2.56. The molecule has 2 amide bonds. The topological polar surface area (TPSA) is 91.3 Å². The first-order valence-corrected chi connectivity index (χ1v) is 9.31. The molecule has 140 valence electrons. The van der Waals surface area contributed by atoms with Crippen molar-refractivity contribution in [1.29, 1.82) is 0 Å². The quantitative estimate of drug-likeness (QED) is 0.749. The molecule has 2 aromatic rings. The van der Waals surface area contributed by atoms with Crippen LogP contribution in [0.3, 0.4) is 0 Å². The minimum absolute atomic E-state index is 0.134. The standard InChI is InChI=1S/C21H23N3O3/c1-22-21(27)18-9-13(8-14(23-18)7-12-5-3-2-4-6-12)20(26)24-19-16-10-15(25)11-17(16)19/h2-6,8-9,15-17,19,25H,7,10-11H2,1H3,(H,22,27)(H,24,26). The summed E-state index contributed by atoms with van der Waals surface area (Å²) in [6, 6.07) is 13.3. The summed E-state index contributed by atoms with van der Waals surface area (Å²) in [6.45, 7) is 0. The van der Waals surface area contributed by atoms with Gasteiger partial charge in [-0.25, -0.2) is 4.98 Å². The number of pyridine rings is 1. The Bertz CT molecular complexity index is 856. The van der Waals surface area contributed by atoms with Gasteiger partial charge < -0.3 is 15.7 Å². The Kier molecular flexibility index (Phi) is 4.66. The summed E-state index contributed by atoms with van der Waals surface area (Å²) in [5, 5.41) is 15.3. The number of nitrogens with zero attached hydrogens (tertiary/aromatic N) is 1. The molecular weight excluding hydrogens is 342 g/mol. The number of carbonyl (C=O) groups is 2. The lowest BCUT2D eigenvalue weighted by Gasteiger charge is -2.12. The lowest BCUT2D eigenvalue weighted by Crippen LogP contribution is -2.30. The van der Waals surface area contributed by atoms with Crippen LogP contribution in [0, 0.1) is 11.8 Å². The number of nitrogens with one attached hydrogen (secondary N) is 2. The fourth-order valence-corrected chi connectivity index (χ4v) is 4.12. The lowest BCUT2D eigenvalue weighted by molar-refractivity contribution is 0.0936. The maximum Gasteiger partial charge on any atom is 0.269 e. The number of rotatable bonds is 5. The number of amides is 2. The van der Waals surface area contributed by atoms with Crippen LogP contribution in [0.25, 0.3) is 0 Å². The third kappa shape index (κ3) is 3.71. The number of benzene rings is 1. The summed E-state index contributed by atoms with van der Waals surface area (Å²) >= 11 is 0. The van der Waals surface area contributed by atoms with Crippen LogP contribution in [0.2, 0.25) is 0 Å². The van der Waals surface area contributed by atoms with E-state index in [2.05, 4.69) is 15.6 Å². The number of aliphatic hydroxyl groups excluding tert-OH is 1. The van der Waals surface area contributed by atoms with Crippen LogP contribution in [0.5, 0.6) is 0 Å². The van der Waals surface area contributed by atoms with Gasteiger partial charge in [-0.2, -0.15) is 0 Å². The summed E-state index contributed by atoms with van der Waals surface area (Å²) in [4.78, 5) is 29.3. The second kappa shape index (κ2) is 7.12. The number of fused-ring (bicyclic) bond motifs is 1. The molecule has 2 atom stereocenters. The third-order valence-electron chi connectivity index (χ3n) is 5.55. The van der Waals surface area contributed by atoms with E-state index in [1.165, 1.54) is 6.07 Å². The van der Waals surface area contributed by atoms with Gasteiger partial charge in [-0.15, -0.1) is 0 Å². The molecule has 1 heterocycles. The number of carbonyl (C=O) groups excluding carboxylic acids is 2. The summed E-state index contributed by atoms with van der Waals surface area (Å²) < 4.78 is 0. The molecule has 0 aliphatic heterocycles. The molecule has 2 fully saturated rings. The van der Waals surface area contributed by atoms with Gasteiger partial charge >= 0.3 is 0 Å². The molecule has 6 nitrogen and oxygen atoms in total. The molecule has 0 spiro atoms. The van der Waals surface area contributed by atoms with E-state index in [0.29, 0.717) is 29.5 Å². The SMILES string of the molecule is CNC(=O)c1cc(C(=O)NC2C3CC(O)CC32)cc(Cc2ccccc2)n1. The molecule has 2 unspecified atom stereocenters. The summed E-state index contributed by atoms with van der Waals surface area (Å²) in [5.41, 5.74) is 2.43. The molecule has 4 rings (SSSR count). The maximum absolute atomic E-state index is 12.7. The summed E-state index contributed by atoms with van der Waals surface area (Å²) in [5.74, 6) is 0.261. The lowest BCUT2D eigenvalue weighted by atomic mass is 10.1. The first-order chi connectivity index (χ1) is 13.0. The zero-order chi connectivity index (χ0) is 19.0. The zero-order valence-corrected chi connectivity index (χ0v) is 15.2. The van der Waals surface area contributed by atoms with Crippen molar-refractivity contribution in [3.8, 4) is 0 Å². The molecule has 1 aromatic carbocycles. The van der Waals surface area contributed by atoms with E-state index in [-0.39, 0.29) is 29.7 Å². The van der Waals surface area contributed by atoms with Crippen molar-refractivity contribution in [2.45, 2.75) is 31.4 Å². The highest BCUT2D eigenvalue weighted by atomic mass is 16.3. The van der Waals surface area contributed by atoms with Crippen molar-refractivity contribution in [3.05, 3.63) is 65.0 Å². The fraction of sp³-hybridized carbons (Fsp3) is 0.381. The summed E-state index contributed by atoms with van der Waals surface area (Å²) in [6.07, 6.45) is 1.84. The number of aromatic nitrogens is 1. The van der Waals surface area contributed by atoms with Gasteiger partial charge in [-0.3, -0.25) is 9.59 Å². The molecule has 0 saturated heterocycles. The Morgan fingerprint density at radius 2 is 1.81 bits per heavy atom. The van der Waals surface area contributed by atoms with Crippen molar-refractivity contribution >= 4 is 11.8 Å². The Balaban J connectivity index is 1.54. The number of hydrogen-bond donors (Lipinski definition) is 3. The van der Waals surface area contributed by atoms with E-state index in [4.69, 9.17) is 0 Å². The van der Waals surface area contributed by atoms with Gasteiger partial charge in [0.2, 0.25) is 0 Å². The normalized spacial score (nSPS) is 25.6. The van der Waals surface area contributed by atoms with Crippen LogP contribution in [0.15, 0.2) is 42.5 Å². The average Bonchev–Trinajstić information content (AvgIpc) is 3.12. The minimum atomic E-state index is -0.314. The number of hydrogen-bond acceptors (Lipinski definition) is 4. The molecule has 2 saturated carbocycles. The van der Waals surface area contributed by atoms with Crippen molar-refractivity contribution in [2.75, 3.05) is 7.05 Å². The van der Waals surface area contributed by atoms with Crippen LogP contribution < -0.4 is 10.6 Å². The Morgan fingerprint density at radius 3 is 2.48 bits per heavy atom. The van der Waals surface area contributed by atoms with Gasteiger partial charge in [0.05, 0.1) is 6.10 Å². The van der Waals surface area contributed by atoms with Gasteiger partial charge in [0, 0.05) is 30.8 Å². The van der Waals surface area contributed by atoms with Gasteiger partial charge in [0.15, 0.2) is 0 Å². The Morgan fingerprint density at radius 1 is 1.11 bits per heavy atom. The number of aliphatic hydroxyl groups is 1. The summed E-state index contributed by atoms with van der Waals surface area (Å²) in [7, 11) is 1.55. The van der Waals surface area contributed by atoms with Crippen molar-refractivity contribution in [3.63, 3.8) is 0 Å². The molecule has 3 N–H and O–H groups in total. The average molecular weight is 365 g/mol. The van der Waals surface area contributed by atoms with Gasteiger partial charge in [-0.05, 0) is 42.4 Å². The van der Waals surface area contributed by atoms with Gasteiger partial charge in [0.1, 0.15) is 5.69 Å². The van der Waals surface area contributed by atoms with Crippen molar-refractivity contribution < 1.29 is 14.7 Å². The smallest absolute Gasteiger partial charge is 0.269 e. The largest absolute Gasteiger partial charge is 0.393 e. The molecule has 0 bridgehead atoms. The highest BCUT2D eigenvalue weighted by Crippen LogP contribution is 2.52.